The highest BCUT2D eigenvalue weighted by Crippen LogP contribution is 2.25. The number of anilines is 1. The molecule has 0 aliphatic carbocycles. The molecule has 0 aliphatic rings. The number of halogens is 3. The number of benzene rings is 1. The van der Waals surface area contributed by atoms with Crippen molar-refractivity contribution < 1.29 is 21.6 Å². The Balaban J connectivity index is 3.02. The lowest BCUT2D eigenvalue weighted by Gasteiger charge is -2.10. The highest BCUT2D eigenvalue weighted by Gasteiger charge is 2.31. The van der Waals surface area contributed by atoms with Crippen LogP contribution in [0.5, 0.6) is 0 Å². The van der Waals surface area contributed by atoms with E-state index in [-0.39, 0.29) is 10.6 Å². The number of aryl methyl sites for hydroxylation is 1. The molecule has 0 spiro atoms. The van der Waals surface area contributed by atoms with E-state index in [0.29, 0.717) is 5.56 Å². The number of hydrogen-bond donors (Lipinski definition) is 1. The van der Waals surface area contributed by atoms with Crippen molar-refractivity contribution in [1.29, 1.82) is 0 Å². The first-order valence-corrected chi connectivity index (χ1v) is 6.43. The Morgan fingerprint density at radius 3 is 2.41 bits per heavy atom. The Morgan fingerprint density at radius 1 is 1.29 bits per heavy atom. The maximum Gasteiger partial charge on any atom is 0.390 e. The van der Waals surface area contributed by atoms with Crippen LogP contribution >= 0.6 is 0 Å². The molecule has 0 amide bonds. The maximum absolute atomic E-state index is 12.0. The highest BCUT2D eigenvalue weighted by atomic mass is 32.2. The Morgan fingerprint density at radius 2 is 1.88 bits per heavy atom. The van der Waals surface area contributed by atoms with E-state index in [1.54, 1.807) is 0 Å². The zero-order valence-electron chi connectivity index (χ0n) is 9.08. The minimum Gasteiger partial charge on any atom is -0.399 e. The molecule has 96 valence electrons. The minimum atomic E-state index is -4.48. The van der Waals surface area contributed by atoms with E-state index in [9.17, 15) is 21.6 Å². The second-order valence-corrected chi connectivity index (χ2v) is 5.79. The molecule has 3 nitrogen and oxygen atoms in total. The lowest BCUT2D eigenvalue weighted by Crippen LogP contribution is -2.17. The summed E-state index contributed by atoms with van der Waals surface area (Å²) < 4.78 is 59.4. The molecule has 0 radical (unpaired) electrons. The number of rotatable bonds is 3. The van der Waals surface area contributed by atoms with Crippen LogP contribution < -0.4 is 5.73 Å². The first kappa shape index (κ1) is 13.8. The van der Waals surface area contributed by atoms with Crippen LogP contribution in [0.15, 0.2) is 23.1 Å². The van der Waals surface area contributed by atoms with Gasteiger partial charge in [-0.2, -0.15) is 13.2 Å². The van der Waals surface area contributed by atoms with E-state index in [4.69, 9.17) is 5.73 Å². The van der Waals surface area contributed by atoms with Gasteiger partial charge in [0.1, 0.15) is 0 Å². The van der Waals surface area contributed by atoms with Crippen molar-refractivity contribution in [3.8, 4) is 0 Å². The maximum atomic E-state index is 12.0. The number of hydrogen-bond acceptors (Lipinski definition) is 3. The Bertz CT molecular complexity index is 509. The number of sulfone groups is 1. The van der Waals surface area contributed by atoms with Crippen LogP contribution in [0.4, 0.5) is 18.9 Å². The van der Waals surface area contributed by atoms with Gasteiger partial charge in [0.2, 0.25) is 0 Å². The summed E-state index contributed by atoms with van der Waals surface area (Å²) in [6.45, 7) is 1.51. The fourth-order valence-electron chi connectivity index (χ4n) is 1.31. The number of alkyl halides is 3. The third kappa shape index (κ3) is 3.92. The molecular weight excluding hydrogens is 255 g/mol. The summed E-state index contributed by atoms with van der Waals surface area (Å²) in [4.78, 5) is -0.137. The van der Waals surface area contributed by atoms with Gasteiger partial charge in [-0.05, 0) is 24.6 Å². The van der Waals surface area contributed by atoms with Crippen molar-refractivity contribution in [2.24, 2.45) is 0 Å². The van der Waals surface area contributed by atoms with Gasteiger partial charge in [-0.1, -0.05) is 6.07 Å². The van der Waals surface area contributed by atoms with Gasteiger partial charge in [0.25, 0.3) is 0 Å². The zero-order chi connectivity index (χ0) is 13.3. The molecule has 0 unspecified atom stereocenters. The van der Waals surface area contributed by atoms with Gasteiger partial charge in [-0.25, -0.2) is 8.42 Å². The molecule has 0 bridgehead atoms. The first-order valence-electron chi connectivity index (χ1n) is 4.77. The molecule has 0 aromatic heterocycles. The monoisotopic (exact) mass is 267 g/mol. The summed E-state index contributed by atoms with van der Waals surface area (Å²) in [5.41, 5.74) is 6.02. The predicted molar refractivity (Wildman–Crippen MR) is 58.3 cm³/mol. The third-order valence-corrected chi connectivity index (χ3v) is 4.05. The second-order valence-electron chi connectivity index (χ2n) is 3.71. The lowest BCUT2D eigenvalue weighted by molar-refractivity contribution is -0.129. The normalized spacial score (nSPS) is 12.7. The molecule has 1 rings (SSSR count). The number of nitrogens with two attached hydrogens (primary N) is 1. The highest BCUT2D eigenvalue weighted by molar-refractivity contribution is 7.91. The van der Waals surface area contributed by atoms with E-state index in [1.807, 2.05) is 0 Å². The molecule has 17 heavy (non-hydrogen) atoms. The van der Waals surface area contributed by atoms with Gasteiger partial charge in [0, 0.05) is 5.69 Å². The molecule has 1 aromatic rings. The van der Waals surface area contributed by atoms with E-state index in [0.717, 1.165) is 0 Å². The van der Waals surface area contributed by atoms with Crippen molar-refractivity contribution in [3.63, 3.8) is 0 Å². The minimum absolute atomic E-state index is 0.137. The van der Waals surface area contributed by atoms with E-state index >= 15 is 0 Å². The van der Waals surface area contributed by atoms with Crippen LogP contribution in [0.1, 0.15) is 12.0 Å². The summed E-state index contributed by atoms with van der Waals surface area (Å²) in [5, 5.41) is 0. The summed E-state index contributed by atoms with van der Waals surface area (Å²) in [6.07, 6.45) is -5.84. The van der Waals surface area contributed by atoms with Gasteiger partial charge < -0.3 is 5.73 Å². The van der Waals surface area contributed by atoms with Crippen molar-refractivity contribution in [1.82, 2.24) is 0 Å². The van der Waals surface area contributed by atoms with Crippen molar-refractivity contribution in [3.05, 3.63) is 23.8 Å². The number of nitrogen functional groups attached to an aromatic ring is 1. The van der Waals surface area contributed by atoms with Crippen molar-refractivity contribution in [2.45, 2.75) is 24.4 Å². The fraction of sp³-hybridized carbons (Fsp3) is 0.400. The SMILES string of the molecule is Cc1ccc(N)cc1S(=O)(=O)CCC(F)(F)F. The average Bonchev–Trinajstić information content (AvgIpc) is 2.18. The first-order chi connectivity index (χ1) is 7.62. The summed E-state index contributed by atoms with van der Waals surface area (Å²) in [5.74, 6) is -0.958. The van der Waals surface area contributed by atoms with Crippen molar-refractivity contribution in [2.75, 3.05) is 11.5 Å². The molecule has 0 saturated carbocycles. The van der Waals surface area contributed by atoms with Crippen LogP contribution in [0, 0.1) is 6.92 Å². The smallest absolute Gasteiger partial charge is 0.390 e. The topological polar surface area (TPSA) is 60.2 Å². The van der Waals surface area contributed by atoms with Crippen LogP contribution in [0.25, 0.3) is 0 Å². The molecule has 0 aliphatic heterocycles. The molecule has 0 heterocycles. The van der Waals surface area contributed by atoms with Gasteiger partial charge in [-0.15, -0.1) is 0 Å². The summed E-state index contributed by atoms with van der Waals surface area (Å²) in [6, 6.07) is 4.15. The molecule has 0 fully saturated rings. The Hall–Kier alpha value is -1.24. The van der Waals surface area contributed by atoms with Crippen LogP contribution in [-0.2, 0) is 9.84 Å². The molecule has 0 atom stereocenters. The Labute approximate surface area is 97.4 Å². The van der Waals surface area contributed by atoms with E-state index in [1.165, 1.54) is 25.1 Å². The Kier molecular flexibility index (Phi) is 3.71. The lowest BCUT2D eigenvalue weighted by atomic mass is 10.2. The fourth-order valence-corrected chi connectivity index (χ4v) is 2.91. The molecule has 2 N–H and O–H groups in total. The standard InChI is InChI=1S/C10H12F3NO2S/c1-7-2-3-8(14)6-9(7)17(15,16)5-4-10(11,12)13/h2-3,6H,4-5,14H2,1H3. The van der Waals surface area contributed by atoms with E-state index < -0.39 is 28.2 Å². The molecule has 1 aromatic carbocycles. The van der Waals surface area contributed by atoms with E-state index in [2.05, 4.69) is 0 Å². The molecule has 0 saturated heterocycles. The quantitative estimate of drug-likeness (QED) is 0.855. The largest absolute Gasteiger partial charge is 0.399 e. The van der Waals surface area contributed by atoms with Gasteiger partial charge in [-0.3, -0.25) is 0 Å². The van der Waals surface area contributed by atoms with Crippen LogP contribution in [0.2, 0.25) is 0 Å². The van der Waals surface area contributed by atoms with Crippen LogP contribution in [0.3, 0.4) is 0 Å². The molecule has 7 heteroatoms. The third-order valence-electron chi connectivity index (χ3n) is 2.20. The van der Waals surface area contributed by atoms with Gasteiger partial charge in [0.15, 0.2) is 9.84 Å². The van der Waals surface area contributed by atoms with Crippen LogP contribution in [-0.4, -0.2) is 20.3 Å². The van der Waals surface area contributed by atoms with Crippen molar-refractivity contribution >= 4 is 15.5 Å². The summed E-state index contributed by atoms with van der Waals surface area (Å²) in [7, 11) is -3.95. The average molecular weight is 267 g/mol. The molecular formula is C10H12F3NO2S. The van der Waals surface area contributed by atoms with Gasteiger partial charge in [0.05, 0.1) is 17.1 Å². The second kappa shape index (κ2) is 4.56. The van der Waals surface area contributed by atoms with Gasteiger partial charge >= 0.3 is 6.18 Å². The predicted octanol–water partition coefficient (Wildman–Crippen LogP) is 2.30. The zero-order valence-corrected chi connectivity index (χ0v) is 9.90. The summed E-state index contributed by atoms with van der Waals surface area (Å²) >= 11 is 0.